The standard InChI is InChI=1S/C15H31NO2/c1-11-7-6-8-14(12(11)2)16-9-13(17)10-18-15(3,4)5/h11-14,16-17H,6-10H2,1-5H3. The van der Waals surface area contributed by atoms with E-state index < -0.39 is 6.10 Å². The van der Waals surface area contributed by atoms with Crippen LogP contribution < -0.4 is 5.32 Å². The second-order valence-electron chi connectivity index (χ2n) is 6.86. The van der Waals surface area contributed by atoms with Crippen LogP contribution in [0.4, 0.5) is 0 Å². The molecule has 3 heteroatoms. The smallest absolute Gasteiger partial charge is 0.0898 e. The molecular formula is C15H31NO2. The average Bonchev–Trinajstić information content (AvgIpc) is 2.27. The number of aliphatic hydroxyl groups is 1. The zero-order valence-electron chi connectivity index (χ0n) is 12.7. The molecule has 0 aliphatic heterocycles. The van der Waals surface area contributed by atoms with Gasteiger partial charge in [-0.3, -0.25) is 0 Å². The molecule has 1 fully saturated rings. The third kappa shape index (κ3) is 5.68. The molecule has 1 aliphatic rings. The molecule has 0 amide bonds. The van der Waals surface area contributed by atoms with Crippen LogP contribution in [-0.2, 0) is 4.74 Å². The Morgan fingerprint density at radius 1 is 1.28 bits per heavy atom. The Bertz CT molecular complexity index is 237. The van der Waals surface area contributed by atoms with Crippen molar-refractivity contribution in [2.75, 3.05) is 13.2 Å². The lowest BCUT2D eigenvalue weighted by Gasteiger charge is -2.35. The monoisotopic (exact) mass is 257 g/mol. The van der Waals surface area contributed by atoms with Gasteiger partial charge in [0.25, 0.3) is 0 Å². The Kier molecular flexibility index (Phi) is 6.09. The highest BCUT2D eigenvalue weighted by Crippen LogP contribution is 2.29. The van der Waals surface area contributed by atoms with Crippen LogP contribution >= 0.6 is 0 Å². The van der Waals surface area contributed by atoms with Crippen molar-refractivity contribution in [1.82, 2.24) is 5.32 Å². The summed E-state index contributed by atoms with van der Waals surface area (Å²) in [5, 5.41) is 13.4. The highest BCUT2D eigenvalue weighted by Gasteiger charge is 2.27. The van der Waals surface area contributed by atoms with Crippen LogP contribution in [0.2, 0.25) is 0 Å². The molecule has 0 bridgehead atoms. The minimum atomic E-state index is -0.409. The molecule has 0 aromatic carbocycles. The first-order valence-corrected chi connectivity index (χ1v) is 7.35. The quantitative estimate of drug-likeness (QED) is 0.795. The number of hydrogen-bond acceptors (Lipinski definition) is 3. The van der Waals surface area contributed by atoms with Crippen molar-refractivity contribution in [2.45, 2.75) is 71.6 Å². The van der Waals surface area contributed by atoms with E-state index in [1.54, 1.807) is 0 Å². The van der Waals surface area contributed by atoms with Gasteiger partial charge in [0.1, 0.15) is 0 Å². The van der Waals surface area contributed by atoms with Crippen molar-refractivity contribution >= 4 is 0 Å². The molecule has 1 saturated carbocycles. The molecule has 0 aromatic heterocycles. The van der Waals surface area contributed by atoms with Gasteiger partial charge in [-0.15, -0.1) is 0 Å². The number of hydrogen-bond donors (Lipinski definition) is 2. The minimum Gasteiger partial charge on any atom is -0.389 e. The van der Waals surface area contributed by atoms with E-state index in [-0.39, 0.29) is 5.60 Å². The van der Waals surface area contributed by atoms with Crippen molar-refractivity contribution in [3.05, 3.63) is 0 Å². The number of rotatable bonds is 5. The summed E-state index contributed by atoms with van der Waals surface area (Å²) in [5.41, 5.74) is -0.173. The highest BCUT2D eigenvalue weighted by atomic mass is 16.5. The van der Waals surface area contributed by atoms with Crippen LogP contribution in [0.15, 0.2) is 0 Å². The van der Waals surface area contributed by atoms with Gasteiger partial charge < -0.3 is 15.2 Å². The summed E-state index contributed by atoms with van der Waals surface area (Å²) in [7, 11) is 0. The minimum absolute atomic E-state index is 0.173. The normalized spacial score (nSPS) is 31.3. The van der Waals surface area contributed by atoms with Gasteiger partial charge in [-0.1, -0.05) is 26.7 Å². The second kappa shape index (κ2) is 6.88. The first-order valence-electron chi connectivity index (χ1n) is 7.35. The lowest BCUT2D eigenvalue weighted by atomic mass is 9.78. The van der Waals surface area contributed by atoms with Gasteiger partial charge in [-0.25, -0.2) is 0 Å². The number of ether oxygens (including phenoxy) is 1. The molecule has 0 heterocycles. The molecule has 1 aliphatic carbocycles. The molecular weight excluding hydrogens is 226 g/mol. The topological polar surface area (TPSA) is 41.5 Å². The van der Waals surface area contributed by atoms with Crippen molar-refractivity contribution in [1.29, 1.82) is 0 Å². The fourth-order valence-electron chi connectivity index (χ4n) is 2.56. The van der Waals surface area contributed by atoms with E-state index in [0.29, 0.717) is 25.1 Å². The van der Waals surface area contributed by atoms with E-state index in [1.165, 1.54) is 19.3 Å². The van der Waals surface area contributed by atoms with Crippen LogP contribution in [0.3, 0.4) is 0 Å². The maximum Gasteiger partial charge on any atom is 0.0898 e. The molecule has 4 atom stereocenters. The van der Waals surface area contributed by atoms with Crippen LogP contribution in [0, 0.1) is 11.8 Å². The van der Waals surface area contributed by atoms with Gasteiger partial charge in [0.05, 0.1) is 18.3 Å². The number of aliphatic hydroxyl groups excluding tert-OH is 1. The fourth-order valence-corrected chi connectivity index (χ4v) is 2.56. The van der Waals surface area contributed by atoms with E-state index in [4.69, 9.17) is 4.74 Å². The van der Waals surface area contributed by atoms with Crippen LogP contribution in [0.1, 0.15) is 53.9 Å². The number of nitrogens with one attached hydrogen (secondary N) is 1. The highest BCUT2D eigenvalue weighted by molar-refractivity contribution is 4.82. The summed E-state index contributed by atoms with van der Waals surface area (Å²) in [6.07, 6.45) is 3.47. The molecule has 3 nitrogen and oxygen atoms in total. The summed E-state index contributed by atoms with van der Waals surface area (Å²) in [5.74, 6) is 1.49. The van der Waals surface area contributed by atoms with E-state index in [9.17, 15) is 5.11 Å². The maximum atomic E-state index is 9.91. The molecule has 1 rings (SSSR count). The van der Waals surface area contributed by atoms with Crippen molar-refractivity contribution < 1.29 is 9.84 Å². The Labute approximate surface area is 112 Å². The molecule has 0 radical (unpaired) electrons. The van der Waals surface area contributed by atoms with Gasteiger partial charge in [0, 0.05) is 12.6 Å². The molecule has 18 heavy (non-hydrogen) atoms. The van der Waals surface area contributed by atoms with Gasteiger partial charge in [-0.05, 0) is 39.0 Å². The summed E-state index contributed by atoms with van der Waals surface area (Å²) in [4.78, 5) is 0. The Morgan fingerprint density at radius 2 is 1.94 bits per heavy atom. The summed E-state index contributed by atoms with van der Waals surface area (Å²) < 4.78 is 5.59. The average molecular weight is 257 g/mol. The van der Waals surface area contributed by atoms with Gasteiger partial charge in [-0.2, -0.15) is 0 Å². The Morgan fingerprint density at radius 3 is 2.56 bits per heavy atom. The van der Waals surface area contributed by atoms with Gasteiger partial charge in [0.15, 0.2) is 0 Å². The summed E-state index contributed by atoms with van der Waals surface area (Å²) in [6, 6.07) is 0.554. The van der Waals surface area contributed by atoms with Crippen molar-refractivity contribution in [2.24, 2.45) is 11.8 Å². The fraction of sp³-hybridized carbons (Fsp3) is 1.00. The third-order valence-corrected chi connectivity index (χ3v) is 4.03. The van der Waals surface area contributed by atoms with Crippen LogP contribution in [0.25, 0.3) is 0 Å². The van der Waals surface area contributed by atoms with Crippen LogP contribution in [0.5, 0.6) is 0 Å². The molecule has 108 valence electrons. The second-order valence-corrected chi connectivity index (χ2v) is 6.86. The molecule has 0 aromatic rings. The molecule has 4 unspecified atom stereocenters. The molecule has 0 spiro atoms. The predicted octanol–water partition coefficient (Wildman–Crippen LogP) is 2.58. The van der Waals surface area contributed by atoms with Gasteiger partial charge in [0.2, 0.25) is 0 Å². The van der Waals surface area contributed by atoms with E-state index in [2.05, 4.69) is 19.2 Å². The first-order chi connectivity index (χ1) is 8.29. The lowest BCUT2D eigenvalue weighted by Crippen LogP contribution is -2.45. The molecule has 2 N–H and O–H groups in total. The van der Waals surface area contributed by atoms with Crippen molar-refractivity contribution in [3.8, 4) is 0 Å². The van der Waals surface area contributed by atoms with E-state index in [0.717, 1.165) is 5.92 Å². The molecule has 0 saturated heterocycles. The SMILES string of the molecule is CC1CCCC(NCC(O)COC(C)(C)C)C1C. The summed E-state index contributed by atoms with van der Waals surface area (Å²) >= 11 is 0. The summed E-state index contributed by atoms with van der Waals surface area (Å²) in [6.45, 7) is 11.7. The van der Waals surface area contributed by atoms with Crippen molar-refractivity contribution in [3.63, 3.8) is 0 Å². The van der Waals surface area contributed by atoms with Gasteiger partial charge >= 0.3 is 0 Å². The first kappa shape index (κ1) is 15.9. The van der Waals surface area contributed by atoms with E-state index in [1.807, 2.05) is 20.8 Å². The maximum absolute atomic E-state index is 9.91. The zero-order chi connectivity index (χ0) is 13.8. The Hall–Kier alpha value is -0.120. The third-order valence-electron chi connectivity index (χ3n) is 4.03. The zero-order valence-corrected chi connectivity index (χ0v) is 12.7. The van der Waals surface area contributed by atoms with E-state index >= 15 is 0 Å². The Balaban J connectivity index is 2.23. The van der Waals surface area contributed by atoms with Crippen LogP contribution in [-0.4, -0.2) is 36.0 Å². The predicted molar refractivity (Wildman–Crippen MR) is 75.7 cm³/mol. The lowest BCUT2D eigenvalue weighted by molar-refractivity contribution is -0.0490. The largest absolute Gasteiger partial charge is 0.389 e.